The Bertz CT molecular complexity index is 306. The summed E-state index contributed by atoms with van der Waals surface area (Å²) in [6.07, 6.45) is 4.16. The van der Waals surface area contributed by atoms with Gasteiger partial charge in [0, 0.05) is 13.2 Å². The van der Waals surface area contributed by atoms with Crippen LogP contribution in [0.5, 0.6) is 0 Å². The highest BCUT2D eigenvalue weighted by atomic mass is 18.2. The summed E-state index contributed by atoms with van der Waals surface area (Å²) in [7, 11) is 0. The Morgan fingerprint density at radius 1 is 0.389 bits per heavy atom. The van der Waals surface area contributed by atoms with Gasteiger partial charge in [-0.05, 0) is 85.5 Å². The molecule has 0 heterocycles. The number of ether oxygens (including phenoxy) is 3. The maximum atomic E-state index is 11.4. The zero-order valence-corrected chi connectivity index (χ0v) is 25.2. The van der Waals surface area contributed by atoms with E-state index in [4.69, 9.17) is 14.2 Å². The van der Waals surface area contributed by atoms with Crippen molar-refractivity contribution < 1.29 is 36.2 Å². The van der Waals surface area contributed by atoms with Crippen molar-refractivity contribution in [3.05, 3.63) is 0 Å². The van der Waals surface area contributed by atoms with Gasteiger partial charge in [0.1, 0.15) is 6.67 Å². The lowest BCUT2D eigenvalue weighted by Crippen LogP contribution is -2.04. The van der Waals surface area contributed by atoms with Gasteiger partial charge in [0.2, 0.25) is 0 Å². The molecule has 0 spiro atoms. The molecule has 0 atom stereocenters. The van der Waals surface area contributed by atoms with E-state index in [9.17, 15) is 22.0 Å². The smallest absolute Gasteiger partial charge is 0.113 e. The molecule has 0 aliphatic heterocycles. The van der Waals surface area contributed by atoms with Crippen molar-refractivity contribution in [2.24, 2.45) is 11.8 Å². The number of halogens is 5. The average molecular weight is 536 g/mol. The maximum absolute atomic E-state index is 11.4. The number of hydrogen-bond donors (Lipinski definition) is 0. The second-order valence-electron chi connectivity index (χ2n) is 9.63. The van der Waals surface area contributed by atoms with E-state index in [2.05, 4.69) is 13.8 Å². The summed E-state index contributed by atoms with van der Waals surface area (Å²) >= 11 is 0. The Kier molecular flexibility index (Phi) is 52.6. The third kappa shape index (κ3) is 84.2. The first-order valence-corrected chi connectivity index (χ1v) is 13.5. The molecule has 0 unspecified atom stereocenters. The Morgan fingerprint density at radius 3 is 0.861 bits per heavy atom. The predicted molar refractivity (Wildman–Crippen MR) is 146 cm³/mol. The van der Waals surface area contributed by atoms with E-state index in [-0.39, 0.29) is 58.3 Å². The minimum Gasteiger partial charge on any atom is -0.379 e. The van der Waals surface area contributed by atoms with Crippen molar-refractivity contribution >= 4 is 0 Å². The molecule has 36 heavy (non-hydrogen) atoms. The summed E-state index contributed by atoms with van der Waals surface area (Å²) in [5.41, 5.74) is 0. The molecular weight excluding hydrogens is 474 g/mol. The maximum Gasteiger partial charge on any atom is 0.113 e. The highest BCUT2D eigenvalue weighted by Crippen LogP contribution is 2.02. The highest BCUT2D eigenvalue weighted by Gasteiger charge is 1.92. The monoisotopic (exact) mass is 535 g/mol. The molecule has 0 bridgehead atoms. The Labute approximate surface area is 221 Å². The molecule has 0 aromatic rings. The van der Waals surface area contributed by atoms with E-state index in [0.29, 0.717) is 44.3 Å². The highest BCUT2D eigenvalue weighted by molar-refractivity contribution is 4.42. The van der Waals surface area contributed by atoms with Gasteiger partial charge in [0.05, 0.1) is 51.6 Å². The van der Waals surface area contributed by atoms with Gasteiger partial charge in [-0.3, -0.25) is 17.6 Å². The van der Waals surface area contributed by atoms with Crippen LogP contribution in [0.15, 0.2) is 0 Å². The molecule has 0 N–H and O–H groups in total. The van der Waals surface area contributed by atoms with Gasteiger partial charge in [-0.1, -0.05) is 27.7 Å². The molecule has 3 nitrogen and oxygen atoms in total. The minimum atomic E-state index is -0.377. The van der Waals surface area contributed by atoms with Crippen molar-refractivity contribution in [1.82, 2.24) is 0 Å². The third-order valence-corrected chi connectivity index (χ3v) is 3.59. The van der Waals surface area contributed by atoms with Crippen molar-refractivity contribution in [3.63, 3.8) is 0 Å². The molecule has 0 aliphatic rings. The van der Waals surface area contributed by atoms with Crippen LogP contribution in [0, 0.1) is 11.8 Å². The first-order valence-electron chi connectivity index (χ1n) is 13.5. The zero-order chi connectivity index (χ0) is 29.2. The van der Waals surface area contributed by atoms with Gasteiger partial charge < -0.3 is 14.2 Å². The van der Waals surface area contributed by atoms with Crippen molar-refractivity contribution in [2.45, 2.75) is 120 Å². The van der Waals surface area contributed by atoms with Gasteiger partial charge in [0.25, 0.3) is 0 Å². The first kappa shape index (κ1) is 45.5. The van der Waals surface area contributed by atoms with E-state index in [1.165, 1.54) is 0 Å². The average Bonchev–Trinajstić information content (AvgIpc) is 2.78. The molecule has 0 aromatic heterocycles. The molecular formula is C28H61F5O3. The zero-order valence-electron chi connectivity index (χ0n) is 25.2. The van der Waals surface area contributed by atoms with E-state index in [1.807, 2.05) is 55.4 Å². The topological polar surface area (TPSA) is 27.7 Å². The second-order valence-corrected chi connectivity index (χ2v) is 9.63. The summed E-state index contributed by atoms with van der Waals surface area (Å²) in [4.78, 5) is 0. The Balaban J connectivity index is -0.000000112. The first-order chi connectivity index (χ1) is 16.9. The van der Waals surface area contributed by atoms with Crippen LogP contribution < -0.4 is 0 Å². The van der Waals surface area contributed by atoms with E-state index in [0.717, 1.165) is 12.8 Å². The molecule has 0 rings (SSSR count). The number of hydrogen-bond acceptors (Lipinski definition) is 3. The third-order valence-electron chi connectivity index (χ3n) is 3.59. The van der Waals surface area contributed by atoms with Crippen molar-refractivity contribution in [2.75, 3.05) is 53.2 Å². The van der Waals surface area contributed by atoms with Gasteiger partial charge in [-0.25, -0.2) is 4.39 Å². The van der Waals surface area contributed by atoms with Crippen molar-refractivity contribution in [1.29, 1.82) is 0 Å². The molecule has 0 saturated heterocycles. The standard InChI is InChI=1S/2C6H13FO.C6H13F.C5H11FO.C5H11F/c2*1-6(2)8-5-3-4-7;1-6(2)4-3-5-7;1-5(2)7-4-3-6;1-5(2)3-4-6/h2*6H,3-5H2,1-2H3;6H,3-5H2,1-2H3;5H,3-4H2,1-2H3;5H,3-4H2,1-2H3/i3*7-1;2*6-1. The molecule has 0 aromatic carbocycles. The Morgan fingerprint density at radius 2 is 0.722 bits per heavy atom. The number of alkyl halides is 5. The SMILES string of the molecule is CC(C)CCC[18F].CC(C)CC[18F].CC(C)OCCC[18F].CC(C)OCCC[18F].CC(C)OCC[18F]. The van der Waals surface area contributed by atoms with Gasteiger partial charge in [-0.15, -0.1) is 0 Å². The summed E-state index contributed by atoms with van der Waals surface area (Å²) in [5, 5.41) is 0. The lowest BCUT2D eigenvalue weighted by molar-refractivity contribution is 0.0681. The molecule has 226 valence electrons. The van der Waals surface area contributed by atoms with Gasteiger partial charge in [-0.2, -0.15) is 0 Å². The molecule has 0 fully saturated rings. The fraction of sp³-hybridized carbons (Fsp3) is 1.00. The second kappa shape index (κ2) is 41.6. The van der Waals surface area contributed by atoms with Crippen LogP contribution in [-0.4, -0.2) is 71.5 Å². The number of rotatable bonds is 16. The summed E-state index contributed by atoms with van der Waals surface area (Å²) < 4.78 is 71.5. The summed E-state index contributed by atoms with van der Waals surface area (Å²) in [6.45, 7) is 19.9. The fourth-order valence-corrected chi connectivity index (χ4v) is 1.73. The van der Waals surface area contributed by atoms with Crippen LogP contribution in [0.25, 0.3) is 0 Å². The molecule has 0 amide bonds. The van der Waals surface area contributed by atoms with Crippen LogP contribution in [0.1, 0.15) is 101 Å². The van der Waals surface area contributed by atoms with Crippen LogP contribution in [0.3, 0.4) is 0 Å². The van der Waals surface area contributed by atoms with Gasteiger partial charge >= 0.3 is 0 Å². The predicted octanol–water partition coefficient (Wildman–Crippen LogP) is 9.32. The molecule has 0 saturated carbocycles. The quantitative estimate of drug-likeness (QED) is 0.146. The lowest BCUT2D eigenvalue weighted by atomic mass is 10.1. The summed E-state index contributed by atoms with van der Waals surface area (Å²) in [6, 6.07) is 0. The molecule has 0 aliphatic carbocycles. The van der Waals surface area contributed by atoms with Crippen LogP contribution in [0.2, 0.25) is 0 Å². The van der Waals surface area contributed by atoms with E-state index < -0.39 is 0 Å². The molecule has 0 radical (unpaired) electrons. The van der Waals surface area contributed by atoms with Crippen LogP contribution in [-0.2, 0) is 14.2 Å². The molecule has 8 heteroatoms. The van der Waals surface area contributed by atoms with Crippen molar-refractivity contribution in [3.8, 4) is 0 Å². The van der Waals surface area contributed by atoms with Crippen LogP contribution >= 0.6 is 0 Å². The fourth-order valence-electron chi connectivity index (χ4n) is 1.73. The normalized spacial score (nSPS) is 10.3. The van der Waals surface area contributed by atoms with E-state index in [1.54, 1.807) is 0 Å². The largest absolute Gasteiger partial charge is 0.379 e. The summed E-state index contributed by atoms with van der Waals surface area (Å²) in [5.74, 6) is 1.19. The Hall–Kier alpha value is -0.470. The minimum absolute atomic E-state index is 0.155. The van der Waals surface area contributed by atoms with E-state index >= 15 is 0 Å². The lowest BCUT2D eigenvalue weighted by Gasteiger charge is -2.03. The van der Waals surface area contributed by atoms with Gasteiger partial charge in [0.15, 0.2) is 0 Å². The van der Waals surface area contributed by atoms with Crippen LogP contribution in [0.4, 0.5) is 22.0 Å².